The summed E-state index contributed by atoms with van der Waals surface area (Å²) in [5.74, 6) is 0. The molecule has 0 N–H and O–H groups in total. The fourth-order valence-corrected chi connectivity index (χ4v) is 1.90. The van der Waals surface area contributed by atoms with Crippen molar-refractivity contribution in [2.24, 2.45) is 0 Å². The van der Waals surface area contributed by atoms with Crippen LogP contribution in [0.2, 0.25) is 0 Å². The molecular weight excluding hydrogens is 1320 g/mol. The summed E-state index contributed by atoms with van der Waals surface area (Å²) in [4.78, 5) is 0. The van der Waals surface area contributed by atoms with Gasteiger partial charge in [-0.25, -0.2) is 8.42 Å². The largest absolute Gasteiger partial charge is 1.00 e. The van der Waals surface area contributed by atoms with E-state index in [2.05, 4.69) is 40.8 Å². The summed E-state index contributed by atoms with van der Waals surface area (Å²) in [5.41, 5.74) is -6.07. The van der Waals surface area contributed by atoms with Crippen molar-refractivity contribution in [1.29, 1.82) is 0 Å². The van der Waals surface area contributed by atoms with Gasteiger partial charge in [0.05, 0.1) is 46.6 Å². The maximum Gasteiger partial charge on any atom is 1.00 e. The smallest absolute Gasteiger partial charge is 1.00 e. The third-order valence-electron chi connectivity index (χ3n) is 1.61. The predicted octanol–water partition coefficient (Wildman–Crippen LogP) is -9.85. The summed E-state index contributed by atoms with van der Waals surface area (Å²) in [7, 11) is -15.7. The normalized spacial score (nSPS) is 11.1. The molecule has 39 heteroatoms. The second-order valence-corrected chi connectivity index (χ2v) is 12.1. The Morgan fingerprint density at radius 3 is 0.964 bits per heavy atom. The second-order valence-electron chi connectivity index (χ2n) is 5.93. The van der Waals surface area contributed by atoms with Crippen molar-refractivity contribution in [1.82, 2.24) is 0 Å². The van der Waals surface area contributed by atoms with Crippen LogP contribution in [0.1, 0.15) is 23.0 Å². The average molecular weight is 1350 g/mol. The van der Waals surface area contributed by atoms with Crippen molar-refractivity contribution in [3.63, 3.8) is 0 Å². The van der Waals surface area contributed by atoms with E-state index in [0.717, 1.165) is 11.6 Å². The van der Waals surface area contributed by atoms with Crippen LogP contribution >= 0.6 is 31.9 Å². The van der Waals surface area contributed by atoms with Crippen molar-refractivity contribution in [3.8, 4) is 0 Å². The van der Waals surface area contributed by atoms with E-state index in [-0.39, 0.29) is 258 Å². The van der Waals surface area contributed by atoms with Gasteiger partial charge in [0.2, 0.25) is 0 Å². The Bertz CT molecular complexity index is 1080. The SMILES string of the molecule is C.CS(=O)(=O)OCCCBr.CS(=O)(=O)[O-].FC(F)(F)OCCCBr.O=S(=O)(OC(F)(F)F)C(F)(F)F.[2H]CF.[2H]CF.[F-].[O-]C(F)(F)F.[O-]C(F)(F)F.[Rb+].[Rb+].[Rb+].[Rb+]. The molecule has 0 radical (unpaired) electrons. The number of ether oxygens (including phenoxy) is 1. The van der Waals surface area contributed by atoms with Crippen LogP contribution in [-0.4, -0.2) is 111 Å². The summed E-state index contributed by atoms with van der Waals surface area (Å²) in [6.07, 6.45) is -18.1. The molecular formula is C16H28Br2F18O12Rb4S3. The van der Waals surface area contributed by atoms with Crippen LogP contribution in [0.4, 0.5) is 74.6 Å². The molecule has 0 aliphatic heterocycles. The summed E-state index contributed by atoms with van der Waals surface area (Å²) in [6.45, 7) is -0.00116. The van der Waals surface area contributed by atoms with Gasteiger partial charge in [0, 0.05) is 16.9 Å². The molecule has 0 fully saturated rings. The van der Waals surface area contributed by atoms with Crippen molar-refractivity contribution >= 4 is 62.2 Å². The number of halogens is 20. The van der Waals surface area contributed by atoms with E-state index in [4.69, 9.17) is 25.9 Å². The zero-order valence-electron chi connectivity index (χ0n) is 29.8. The number of alkyl halides is 19. The molecule has 0 bridgehead atoms. The van der Waals surface area contributed by atoms with Crippen molar-refractivity contribution in [2.75, 3.05) is 50.7 Å². The van der Waals surface area contributed by atoms with Gasteiger partial charge in [0.25, 0.3) is 10.1 Å². The van der Waals surface area contributed by atoms with Crippen LogP contribution in [0.3, 0.4) is 0 Å². The number of hydrogen-bond donors (Lipinski definition) is 0. The first-order valence-electron chi connectivity index (χ1n) is 11.2. The van der Waals surface area contributed by atoms with E-state index in [1.54, 1.807) is 0 Å². The Morgan fingerprint density at radius 2 is 0.836 bits per heavy atom. The van der Waals surface area contributed by atoms with Crippen LogP contribution in [0.25, 0.3) is 0 Å². The first-order valence-corrected chi connectivity index (χ1v) is 17.1. The van der Waals surface area contributed by atoms with E-state index in [1.807, 2.05) is 4.18 Å². The molecule has 0 saturated carbocycles. The minimum absolute atomic E-state index is 0. The zero-order valence-corrected chi connectivity index (χ0v) is 53.1. The van der Waals surface area contributed by atoms with E-state index in [1.165, 1.54) is 0 Å². The van der Waals surface area contributed by atoms with Crippen LogP contribution in [0, 0.1) is 0 Å². The molecule has 0 amide bonds. The van der Waals surface area contributed by atoms with Crippen LogP contribution in [-0.2, 0) is 43.5 Å². The molecule has 12 nitrogen and oxygen atoms in total. The summed E-state index contributed by atoms with van der Waals surface area (Å²) < 4.78 is 266. The van der Waals surface area contributed by atoms with Gasteiger partial charge in [0.1, 0.15) is 0 Å². The monoisotopic (exact) mass is 1350 g/mol. The minimum Gasteiger partial charge on any atom is -1.00 e. The molecule has 0 rings (SSSR count). The first-order chi connectivity index (χ1) is 21.9. The molecule has 0 unspecified atom stereocenters. The van der Waals surface area contributed by atoms with E-state index in [9.17, 15) is 91.5 Å². The molecule has 0 atom stereocenters. The average Bonchev–Trinajstić information content (AvgIpc) is 2.74. The van der Waals surface area contributed by atoms with E-state index >= 15 is 0 Å². The Morgan fingerprint density at radius 1 is 0.618 bits per heavy atom. The van der Waals surface area contributed by atoms with Gasteiger partial charge in [-0.05, 0) is 12.8 Å². The van der Waals surface area contributed by atoms with Gasteiger partial charge in [-0.3, -0.25) is 17.7 Å². The maximum absolute atomic E-state index is 11.2. The third-order valence-corrected chi connectivity index (χ3v) is 4.30. The van der Waals surface area contributed by atoms with Gasteiger partial charge in [-0.1, -0.05) is 39.3 Å². The standard InChI is InChI=1S/C4H6BrF3O.C4H9BrO3S.C2F6O3S.2CF3O.2CH3F.CH4O3S.CH4.FH.4Rb/c5-2-1-3-9-4(6,7)8;1-9(6,7)8-4-2-3-5;3-1(4,5)11-12(9,10)2(6,7)8;2*2-1(3,4)5;2*1-2;1-5(2,3)4;;;;;;/h1-3H2;2-4H2,1H3;;;;2*1H3;1H3,(H,2,3,4);1H4;1H;;;;/q;;;2*-1;;;;;;4*+1/p-2/i;;;;;2*1D;;;;;;;. The minimum atomic E-state index is -6.58. The van der Waals surface area contributed by atoms with Gasteiger partial charge in [0.15, 0.2) is 0 Å². The second kappa shape index (κ2) is 53.1. The summed E-state index contributed by atoms with van der Waals surface area (Å²) >= 11 is 6.11. The summed E-state index contributed by atoms with van der Waals surface area (Å²) in [5, 5.41) is 17.5. The fourth-order valence-electron chi connectivity index (χ4n) is 0.679. The fraction of sp³-hybridized carbons (Fsp3) is 1.00. The molecule has 0 spiro atoms. The first kappa shape index (κ1) is 91.9. The molecule has 0 aliphatic rings. The predicted molar refractivity (Wildman–Crippen MR) is 140 cm³/mol. The Labute approximate surface area is 520 Å². The van der Waals surface area contributed by atoms with Gasteiger partial charge < -0.3 is 19.5 Å². The maximum atomic E-state index is 11.2. The van der Waals surface area contributed by atoms with Crippen LogP contribution in [0.5, 0.6) is 0 Å². The molecule has 326 valence electrons. The third kappa shape index (κ3) is 184. The van der Waals surface area contributed by atoms with Gasteiger partial charge >= 0.3 is 274 Å². The van der Waals surface area contributed by atoms with Gasteiger partial charge in [-0.2, -0.15) is 60.5 Å². The van der Waals surface area contributed by atoms with E-state index < -0.39 is 75.6 Å². The topological polar surface area (TPSA) is 199 Å². The Hall–Kier alpha value is 6.53. The van der Waals surface area contributed by atoms with Crippen LogP contribution in [0.15, 0.2) is 0 Å². The molecule has 0 aliphatic carbocycles. The zero-order chi connectivity index (χ0) is 43.8. The molecule has 0 heterocycles. The molecule has 0 aromatic carbocycles. The number of rotatable bonds is 8. The number of hydrogen-bond acceptors (Lipinski definition) is 12. The van der Waals surface area contributed by atoms with Crippen molar-refractivity contribution in [3.05, 3.63) is 0 Å². The molecule has 0 aromatic rings. The Kier molecular flexibility index (Phi) is 88.8. The van der Waals surface area contributed by atoms with E-state index in [0.29, 0.717) is 24.4 Å². The molecule has 0 aromatic heterocycles. The Balaban J connectivity index is -0.0000000316. The quantitative estimate of drug-likeness (QED) is 0.0557. The summed E-state index contributed by atoms with van der Waals surface area (Å²) in [6, 6.07) is 0. The molecule has 55 heavy (non-hydrogen) atoms. The van der Waals surface area contributed by atoms with Crippen LogP contribution < -0.4 is 248 Å². The van der Waals surface area contributed by atoms with Crippen molar-refractivity contribution in [2.45, 2.75) is 51.2 Å². The van der Waals surface area contributed by atoms with Crippen molar-refractivity contribution < 1.29 is 368 Å². The molecule has 0 saturated heterocycles. The van der Waals surface area contributed by atoms with Gasteiger partial charge in [-0.15, -0.1) is 26.3 Å².